The van der Waals surface area contributed by atoms with E-state index in [1.807, 2.05) is 0 Å². The summed E-state index contributed by atoms with van der Waals surface area (Å²) in [5, 5.41) is 5.37. The zero-order chi connectivity index (χ0) is 15.4. The first-order valence-corrected chi connectivity index (χ1v) is 7.03. The highest BCUT2D eigenvalue weighted by Gasteiger charge is 2.51. The van der Waals surface area contributed by atoms with Crippen molar-refractivity contribution in [2.45, 2.75) is 12.0 Å². The Bertz CT molecular complexity index is 672. The number of urea groups is 1. The van der Waals surface area contributed by atoms with Crippen molar-refractivity contribution in [3.8, 4) is 0 Å². The lowest BCUT2D eigenvalue weighted by Gasteiger charge is -2.21. The molecule has 7 nitrogen and oxygen atoms in total. The minimum absolute atomic E-state index is 0.129. The zero-order valence-corrected chi connectivity index (χ0v) is 12.6. The van der Waals surface area contributed by atoms with Crippen molar-refractivity contribution in [2.75, 3.05) is 13.1 Å². The first-order valence-electron chi connectivity index (χ1n) is 6.28. The van der Waals surface area contributed by atoms with E-state index in [0.29, 0.717) is 23.7 Å². The molecule has 1 atom stereocenters. The number of amides is 4. The van der Waals surface area contributed by atoms with Gasteiger partial charge in [-0.05, 0) is 12.5 Å². The van der Waals surface area contributed by atoms with Gasteiger partial charge in [-0.3, -0.25) is 14.9 Å². The van der Waals surface area contributed by atoms with Crippen LogP contribution in [0.4, 0.5) is 4.79 Å². The SMILES string of the molecule is Cn1c(C(=O)N2CCC3(C2)NC(=O)NC3=O)cc(Cl)c1Cl. The summed E-state index contributed by atoms with van der Waals surface area (Å²) < 4.78 is 1.49. The van der Waals surface area contributed by atoms with E-state index in [1.54, 1.807) is 7.05 Å². The first-order chi connectivity index (χ1) is 9.84. The average molecular weight is 331 g/mol. The predicted octanol–water partition coefficient (Wildman–Crippen LogP) is 0.756. The van der Waals surface area contributed by atoms with Gasteiger partial charge in [-0.1, -0.05) is 23.2 Å². The predicted molar refractivity (Wildman–Crippen MR) is 75.4 cm³/mol. The van der Waals surface area contributed by atoms with Gasteiger partial charge in [0.15, 0.2) is 0 Å². The van der Waals surface area contributed by atoms with Crippen molar-refractivity contribution in [1.82, 2.24) is 20.1 Å². The maximum Gasteiger partial charge on any atom is 0.322 e. The molecule has 0 aliphatic carbocycles. The fraction of sp³-hybridized carbons (Fsp3) is 0.417. The standard InChI is InChI=1S/C12H12Cl2N4O3/c1-17-7(4-6(13)8(17)14)9(19)18-3-2-12(5-18)10(20)15-11(21)16-12/h4H,2-3,5H2,1H3,(H2,15,16,20,21). The highest BCUT2D eigenvalue weighted by molar-refractivity contribution is 6.41. The third-order valence-electron chi connectivity index (χ3n) is 3.91. The summed E-state index contributed by atoms with van der Waals surface area (Å²) in [6.45, 7) is 0.497. The molecular formula is C12H12Cl2N4O3. The molecule has 0 radical (unpaired) electrons. The van der Waals surface area contributed by atoms with Crippen LogP contribution in [0.3, 0.4) is 0 Å². The highest BCUT2D eigenvalue weighted by Crippen LogP contribution is 2.29. The summed E-state index contributed by atoms with van der Waals surface area (Å²) in [6, 6.07) is 0.962. The molecule has 0 saturated carbocycles. The molecule has 9 heteroatoms. The summed E-state index contributed by atoms with van der Waals surface area (Å²) in [6.07, 6.45) is 0.377. The first kappa shape index (κ1) is 14.2. The topological polar surface area (TPSA) is 83.4 Å². The van der Waals surface area contributed by atoms with Crippen LogP contribution in [0.15, 0.2) is 6.07 Å². The van der Waals surface area contributed by atoms with E-state index in [2.05, 4.69) is 10.6 Å². The Balaban J connectivity index is 1.83. The van der Waals surface area contributed by atoms with Crippen molar-refractivity contribution in [1.29, 1.82) is 0 Å². The molecule has 2 fully saturated rings. The van der Waals surface area contributed by atoms with Crippen LogP contribution < -0.4 is 10.6 Å². The molecule has 1 aromatic rings. The number of aromatic nitrogens is 1. The maximum atomic E-state index is 12.5. The van der Waals surface area contributed by atoms with Gasteiger partial charge in [0.1, 0.15) is 16.4 Å². The van der Waals surface area contributed by atoms with Gasteiger partial charge in [-0.15, -0.1) is 0 Å². The van der Waals surface area contributed by atoms with Crippen LogP contribution in [0.5, 0.6) is 0 Å². The van der Waals surface area contributed by atoms with E-state index in [-0.39, 0.29) is 17.6 Å². The number of halogens is 2. The van der Waals surface area contributed by atoms with Crippen LogP contribution in [0.1, 0.15) is 16.9 Å². The molecule has 1 aromatic heterocycles. The lowest BCUT2D eigenvalue weighted by Crippen LogP contribution is -2.49. The summed E-state index contributed by atoms with van der Waals surface area (Å²) in [7, 11) is 1.64. The Morgan fingerprint density at radius 2 is 2.10 bits per heavy atom. The molecule has 2 aliphatic heterocycles. The second-order valence-electron chi connectivity index (χ2n) is 5.19. The number of hydrogen-bond donors (Lipinski definition) is 2. The summed E-state index contributed by atoms with van der Waals surface area (Å²) in [4.78, 5) is 37.1. The number of hydrogen-bond acceptors (Lipinski definition) is 3. The molecule has 0 aromatic carbocycles. The zero-order valence-electron chi connectivity index (χ0n) is 11.1. The van der Waals surface area contributed by atoms with E-state index in [4.69, 9.17) is 23.2 Å². The van der Waals surface area contributed by atoms with Gasteiger partial charge in [0.25, 0.3) is 11.8 Å². The molecule has 21 heavy (non-hydrogen) atoms. The monoisotopic (exact) mass is 330 g/mol. The fourth-order valence-electron chi connectivity index (χ4n) is 2.71. The van der Waals surface area contributed by atoms with Crippen LogP contribution in [0.2, 0.25) is 10.2 Å². The Morgan fingerprint density at radius 1 is 1.38 bits per heavy atom. The van der Waals surface area contributed by atoms with Gasteiger partial charge in [0.2, 0.25) is 0 Å². The maximum absolute atomic E-state index is 12.5. The van der Waals surface area contributed by atoms with Crippen molar-refractivity contribution in [3.05, 3.63) is 21.9 Å². The number of imide groups is 1. The van der Waals surface area contributed by atoms with Crippen molar-refractivity contribution < 1.29 is 14.4 Å². The summed E-state index contributed by atoms with van der Waals surface area (Å²) >= 11 is 11.9. The largest absolute Gasteiger partial charge is 0.334 e. The molecule has 0 bridgehead atoms. The van der Waals surface area contributed by atoms with E-state index in [0.717, 1.165) is 0 Å². The number of rotatable bonds is 1. The van der Waals surface area contributed by atoms with Crippen LogP contribution in [-0.4, -0.2) is 45.9 Å². The highest BCUT2D eigenvalue weighted by atomic mass is 35.5. The van der Waals surface area contributed by atoms with Gasteiger partial charge >= 0.3 is 6.03 Å². The van der Waals surface area contributed by atoms with Gasteiger partial charge in [0.05, 0.1) is 11.6 Å². The molecule has 4 amide bonds. The minimum atomic E-state index is -1.02. The molecular weight excluding hydrogens is 319 g/mol. The van der Waals surface area contributed by atoms with E-state index in [1.165, 1.54) is 15.5 Å². The van der Waals surface area contributed by atoms with Gasteiger partial charge in [-0.25, -0.2) is 4.79 Å². The third-order valence-corrected chi connectivity index (χ3v) is 4.75. The van der Waals surface area contributed by atoms with E-state index < -0.39 is 17.5 Å². The minimum Gasteiger partial charge on any atom is -0.334 e. The summed E-state index contributed by atoms with van der Waals surface area (Å²) in [5.74, 6) is -0.678. The molecule has 2 saturated heterocycles. The average Bonchev–Trinajstić information content (AvgIpc) is 3.05. The second kappa shape index (κ2) is 4.64. The Kier molecular flexibility index (Phi) is 3.14. The number of likely N-dealkylation sites (tertiary alicyclic amines) is 1. The fourth-order valence-corrected chi connectivity index (χ4v) is 3.08. The number of nitrogens with zero attached hydrogens (tertiary/aromatic N) is 2. The molecule has 2 N–H and O–H groups in total. The molecule has 2 aliphatic rings. The number of carbonyl (C=O) groups is 3. The summed E-state index contributed by atoms with van der Waals surface area (Å²) in [5.41, 5.74) is -0.683. The number of carbonyl (C=O) groups excluding carboxylic acids is 3. The Morgan fingerprint density at radius 3 is 2.62 bits per heavy atom. The van der Waals surface area contributed by atoms with Crippen LogP contribution >= 0.6 is 23.2 Å². The normalized spacial score (nSPS) is 24.6. The van der Waals surface area contributed by atoms with Crippen molar-refractivity contribution in [3.63, 3.8) is 0 Å². The molecule has 3 heterocycles. The van der Waals surface area contributed by atoms with Gasteiger partial charge in [-0.2, -0.15) is 0 Å². The van der Waals surface area contributed by atoms with Gasteiger partial charge < -0.3 is 14.8 Å². The second-order valence-corrected chi connectivity index (χ2v) is 5.96. The molecule has 1 spiro atoms. The smallest absolute Gasteiger partial charge is 0.322 e. The van der Waals surface area contributed by atoms with Crippen molar-refractivity contribution >= 4 is 41.0 Å². The van der Waals surface area contributed by atoms with Crippen molar-refractivity contribution in [2.24, 2.45) is 7.05 Å². The Labute approximate surface area is 130 Å². The van der Waals surface area contributed by atoms with Crippen LogP contribution in [-0.2, 0) is 11.8 Å². The Hall–Kier alpha value is -1.73. The van der Waals surface area contributed by atoms with Gasteiger partial charge in [0, 0.05) is 13.6 Å². The third kappa shape index (κ3) is 2.08. The van der Waals surface area contributed by atoms with Crippen LogP contribution in [0.25, 0.3) is 0 Å². The lowest BCUT2D eigenvalue weighted by molar-refractivity contribution is -0.123. The molecule has 1 unspecified atom stereocenters. The van der Waals surface area contributed by atoms with E-state index in [9.17, 15) is 14.4 Å². The lowest BCUT2D eigenvalue weighted by atomic mass is 10.00. The molecule has 3 rings (SSSR count). The quantitative estimate of drug-likeness (QED) is 0.745. The molecule has 112 valence electrons. The van der Waals surface area contributed by atoms with E-state index >= 15 is 0 Å². The van der Waals surface area contributed by atoms with Crippen LogP contribution in [0, 0.1) is 0 Å². The number of nitrogens with one attached hydrogen (secondary N) is 2.